The molecule has 0 fully saturated rings. The lowest BCUT2D eigenvalue weighted by Gasteiger charge is -2.33. The quantitative estimate of drug-likeness (QED) is 0.722. The molecule has 0 heterocycles. The van der Waals surface area contributed by atoms with Crippen LogP contribution in [0.2, 0.25) is 0 Å². The second-order valence-electron chi connectivity index (χ2n) is 6.46. The fraction of sp³-hybridized carbons (Fsp3) is 0.667. The van der Waals surface area contributed by atoms with Crippen LogP contribution in [0.25, 0.3) is 0 Å². The van der Waals surface area contributed by atoms with E-state index in [1.54, 1.807) is 7.11 Å². The van der Waals surface area contributed by atoms with Crippen molar-refractivity contribution in [3.8, 4) is 0 Å². The second kappa shape index (κ2) is 9.51. The molecule has 0 radical (unpaired) electrons. The smallest absolute Gasteiger partial charge is 0.0614 e. The summed E-state index contributed by atoms with van der Waals surface area (Å²) in [5.74, 6) is 0. The molecule has 0 saturated carbocycles. The van der Waals surface area contributed by atoms with Gasteiger partial charge in [0.1, 0.15) is 0 Å². The summed E-state index contributed by atoms with van der Waals surface area (Å²) in [4.78, 5) is 0. The van der Waals surface area contributed by atoms with Crippen molar-refractivity contribution in [2.75, 3.05) is 20.3 Å². The van der Waals surface area contributed by atoms with Crippen LogP contribution in [0, 0.1) is 0 Å². The van der Waals surface area contributed by atoms with E-state index in [0.29, 0.717) is 0 Å². The number of unbranched alkanes of at least 4 members (excludes halogenated alkanes) is 3. The largest absolute Gasteiger partial charge is 0.394 e. The van der Waals surface area contributed by atoms with Crippen molar-refractivity contribution in [3.05, 3.63) is 34.9 Å². The standard InChI is InChI=1S/C18H29NO2.ClH/c1-21-11-5-3-2-4-6-15-7-8-17-13-18(19,14-20)10-9-16(17)12-15;/h7-8,12,20H,2-6,9-11,13-14,19H2,1H3;1H. The summed E-state index contributed by atoms with van der Waals surface area (Å²) in [6.07, 6.45) is 8.79. The number of benzene rings is 1. The van der Waals surface area contributed by atoms with Gasteiger partial charge >= 0.3 is 0 Å². The van der Waals surface area contributed by atoms with Crippen molar-refractivity contribution < 1.29 is 9.84 Å². The van der Waals surface area contributed by atoms with E-state index >= 15 is 0 Å². The van der Waals surface area contributed by atoms with Gasteiger partial charge in [-0.2, -0.15) is 0 Å². The molecule has 0 spiro atoms. The normalized spacial score (nSPS) is 20.3. The molecule has 0 saturated heterocycles. The van der Waals surface area contributed by atoms with Crippen molar-refractivity contribution in [1.82, 2.24) is 0 Å². The Morgan fingerprint density at radius 3 is 2.68 bits per heavy atom. The number of halogens is 1. The number of rotatable bonds is 8. The van der Waals surface area contributed by atoms with Gasteiger partial charge in [0.05, 0.1) is 6.61 Å². The Bertz CT molecular complexity index is 453. The van der Waals surface area contributed by atoms with Crippen LogP contribution in [0.15, 0.2) is 18.2 Å². The molecule has 1 unspecified atom stereocenters. The lowest BCUT2D eigenvalue weighted by atomic mass is 9.78. The maximum absolute atomic E-state index is 9.40. The van der Waals surface area contributed by atoms with Crippen LogP contribution < -0.4 is 5.73 Å². The third-order valence-electron chi connectivity index (χ3n) is 4.58. The van der Waals surface area contributed by atoms with Crippen molar-refractivity contribution in [2.24, 2.45) is 5.73 Å². The van der Waals surface area contributed by atoms with Crippen LogP contribution in [0.1, 0.15) is 48.8 Å². The molecular formula is C18H30ClNO2. The molecule has 126 valence electrons. The molecule has 3 N–H and O–H groups in total. The van der Waals surface area contributed by atoms with E-state index in [9.17, 15) is 5.11 Å². The van der Waals surface area contributed by atoms with Gasteiger partial charge in [0.25, 0.3) is 0 Å². The zero-order chi connectivity index (χ0) is 15.1. The maximum atomic E-state index is 9.40. The number of hydrogen-bond donors (Lipinski definition) is 2. The Kier molecular flexibility index (Phi) is 8.40. The van der Waals surface area contributed by atoms with E-state index in [1.807, 2.05) is 0 Å². The van der Waals surface area contributed by atoms with Crippen molar-refractivity contribution in [2.45, 2.75) is 56.9 Å². The Morgan fingerprint density at radius 1 is 1.18 bits per heavy atom. The minimum atomic E-state index is -0.407. The summed E-state index contributed by atoms with van der Waals surface area (Å²) in [6.45, 7) is 0.959. The van der Waals surface area contributed by atoms with Gasteiger partial charge in [-0.3, -0.25) is 0 Å². The molecule has 1 atom stereocenters. The lowest BCUT2D eigenvalue weighted by molar-refractivity contribution is 0.181. The maximum Gasteiger partial charge on any atom is 0.0614 e. The number of ether oxygens (including phenoxy) is 1. The fourth-order valence-electron chi connectivity index (χ4n) is 3.16. The molecular weight excluding hydrogens is 298 g/mol. The molecule has 1 aliphatic carbocycles. The molecule has 2 rings (SSSR count). The first-order valence-electron chi connectivity index (χ1n) is 8.16. The highest BCUT2D eigenvalue weighted by Gasteiger charge is 2.29. The SMILES string of the molecule is COCCCCCCc1ccc2c(c1)CCC(N)(CO)C2.Cl. The van der Waals surface area contributed by atoms with E-state index in [2.05, 4.69) is 18.2 Å². The van der Waals surface area contributed by atoms with Crippen LogP contribution in [-0.2, 0) is 24.0 Å². The van der Waals surface area contributed by atoms with Gasteiger partial charge in [-0.1, -0.05) is 31.0 Å². The number of hydrogen-bond acceptors (Lipinski definition) is 3. The number of methoxy groups -OCH3 is 1. The molecule has 3 nitrogen and oxygen atoms in total. The van der Waals surface area contributed by atoms with E-state index in [-0.39, 0.29) is 19.0 Å². The molecule has 0 aliphatic heterocycles. The number of aliphatic hydroxyl groups is 1. The number of nitrogens with two attached hydrogens (primary N) is 1. The van der Waals surface area contributed by atoms with Crippen LogP contribution in [-0.4, -0.2) is 31.0 Å². The summed E-state index contributed by atoms with van der Waals surface area (Å²) in [6, 6.07) is 6.80. The third-order valence-corrected chi connectivity index (χ3v) is 4.58. The monoisotopic (exact) mass is 327 g/mol. The van der Waals surface area contributed by atoms with Crippen LogP contribution in [0.5, 0.6) is 0 Å². The van der Waals surface area contributed by atoms with E-state index in [1.165, 1.54) is 42.4 Å². The van der Waals surface area contributed by atoms with Gasteiger partial charge in [-0.25, -0.2) is 0 Å². The molecule has 1 aliphatic rings. The third kappa shape index (κ3) is 5.54. The minimum absolute atomic E-state index is 0. The van der Waals surface area contributed by atoms with Gasteiger partial charge in [0, 0.05) is 19.3 Å². The zero-order valence-electron chi connectivity index (χ0n) is 13.6. The Labute approximate surface area is 140 Å². The molecule has 0 aromatic heterocycles. The highest BCUT2D eigenvalue weighted by atomic mass is 35.5. The highest BCUT2D eigenvalue weighted by Crippen LogP contribution is 2.28. The van der Waals surface area contributed by atoms with E-state index in [0.717, 1.165) is 32.3 Å². The summed E-state index contributed by atoms with van der Waals surface area (Å²) in [7, 11) is 1.76. The van der Waals surface area contributed by atoms with Crippen LogP contribution >= 0.6 is 12.4 Å². The summed E-state index contributed by atoms with van der Waals surface area (Å²) >= 11 is 0. The number of fused-ring (bicyclic) bond motifs is 1. The minimum Gasteiger partial charge on any atom is -0.394 e. The molecule has 1 aromatic carbocycles. The number of aryl methyl sites for hydroxylation is 2. The summed E-state index contributed by atoms with van der Waals surface area (Å²) in [5.41, 5.74) is 9.97. The van der Waals surface area contributed by atoms with Gasteiger partial charge < -0.3 is 15.6 Å². The van der Waals surface area contributed by atoms with Gasteiger partial charge in [0.2, 0.25) is 0 Å². The molecule has 4 heteroatoms. The zero-order valence-corrected chi connectivity index (χ0v) is 14.5. The van der Waals surface area contributed by atoms with Gasteiger partial charge in [-0.15, -0.1) is 12.4 Å². The van der Waals surface area contributed by atoms with Crippen LogP contribution in [0.3, 0.4) is 0 Å². The van der Waals surface area contributed by atoms with Gasteiger partial charge in [0.15, 0.2) is 0 Å². The van der Waals surface area contributed by atoms with E-state index in [4.69, 9.17) is 10.5 Å². The van der Waals surface area contributed by atoms with E-state index < -0.39 is 5.54 Å². The molecule has 0 amide bonds. The topological polar surface area (TPSA) is 55.5 Å². The predicted molar refractivity (Wildman–Crippen MR) is 93.8 cm³/mol. The van der Waals surface area contributed by atoms with Crippen molar-refractivity contribution >= 4 is 12.4 Å². The Balaban J connectivity index is 0.00000242. The average Bonchev–Trinajstić information content (AvgIpc) is 2.51. The summed E-state index contributed by atoms with van der Waals surface area (Å²) < 4.78 is 5.07. The average molecular weight is 328 g/mol. The molecule has 22 heavy (non-hydrogen) atoms. The first-order valence-corrected chi connectivity index (χ1v) is 8.16. The van der Waals surface area contributed by atoms with Crippen molar-refractivity contribution in [3.63, 3.8) is 0 Å². The Hall–Kier alpha value is -0.610. The van der Waals surface area contributed by atoms with Crippen LogP contribution in [0.4, 0.5) is 0 Å². The Morgan fingerprint density at radius 2 is 1.95 bits per heavy atom. The highest BCUT2D eigenvalue weighted by molar-refractivity contribution is 5.85. The summed E-state index contributed by atoms with van der Waals surface area (Å²) in [5, 5.41) is 9.40. The number of aliphatic hydroxyl groups excluding tert-OH is 1. The second-order valence-corrected chi connectivity index (χ2v) is 6.46. The molecule has 0 bridgehead atoms. The molecule has 1 aromatic rings. The first-order chi connectivity index (χ1) is 10.2. The predicted octanol–water partition coefficient (Wildman–Crippen LogP) is 3.04. The fourth-order valence-corrected chi connectivity index (χ4v) is 3.16. The first kappa shape index (κ1) is 19.4. The lowest BCUT2D eigenvalue weighted by Crippen LogP contribution is -2.48. The van der Waals surface area contributed by atoms with Crippen molar-refractivity contribution in [1.29, 1.82) is 0 Å². The van der Waals surface area contributed by atoms with Gasteiger partial charge in [-0.05, 0) is 55.2 Å².